The van der Waals surface area contributed by atoms with Crippen LogP contribution in [0, 0.1) is 21.4 Å². The van der Waals surface area contributed by atoms with Gasteiger partial charge in [0.25, 0.3) is 5.69 Å². The van der Waals surface area contributed by atoms with Gasteiger partial charge in [-0.15, -0.1) is 0 Å². The zero-order chi connectivity index (χ0) is 13.5. The number of hydrogen-bond acceptors (Lipinski definition) is 5. The number of nitro groups is 1. The van der Waals surface area contributed by atoms with Crippen LogP contribution >= 0.6 is 0 Å². The highest BCUT2D eigenvalue weighted by atomic mass is 32.2. The van der Waals surface area contributed by atoms with Gasteiger partial charge in [0, 0.05) is 41.0 Å². The summed E-state index contributed by atoms with van der Waals surface area (Å²) in [6.45, 7) is 2.30. The first-order chi connectivity index (χ1) is 8.58. The van der Waals surface area contributed by atoms with E-state index in [1.54, 1.807) is 0 Å². The summed E-state index contributed by atoms with van der Waals surface area (Å²) in [6, 6.07) is 5.95. The van der Waals surface area contributed by atoms with Gasteiger partial charge in [0.15, 0.2) is 0 Å². The minimum Gasteiger partial charge on any atom is -0.383 e. The minimum absolute atomic E-state index is 0.116. The van der Waals surface area contributed by atoms with Crippen LogP contribution in [0.4, 0.5) is 11.4 Å². The van der Waals surface area contributed by atoms with E-state index in [0.717, 1.165) is 0 Å². The molecule has 0 bridgehead atoms. The van der Waals surface area contributed by atoms with Gasteiger partial charge in [-0.05, 0) is 6.07 Å². The monoisotopic (exact) mass is 267 g/mol. The van der Waals surface area contributed by atoms with Crippen molar-refractivity contribution < 1.29 is 9.13 Å². The molecule has 1 unspecified atom stereocenters. The Hall–Kier alpha value is -1.94. The zero-order valence-corrected chi connectivity index (χ0v) is 10.7. The summed E-state index contributed by atoms with van der Waals surface area (Å²) in [5.41, 5.74) is 0.622. The van der Waals surface area contributed by atoms with Gasteiger partial charge < -0.3 is 5.32 Å². The fraction of sp³-hybridized carbons (Fsp3) is 0.364. The Balaban J connectivity index is 2.75. The normalized spacial score (nSPS) is 11.6. The van der Waals surface area contributed by atoms with Crippen molar-refractivity contribution in [3.05, 3.63) is 33.9 Å². The number of nitriles is 1. The van der Waals surface area contributed by atoms with E-state index < -0.39 is 15.7 Å². The smallest absolute Gasteiger partial charge is 0.270 e. The van der Waals surface area contributed by atoms with E-state index >= 15 is 0 Å². The van der Waals surface area contributed by atoms with Crippen LogP contribution in [0.2, 0.25) is 0 Å². The van der Waals surface area contributed by atoms with Crippen molar-refractivity contribution in [2.75, 3.05) is 23.4 Å². The molecule has 0 fully saturated rings. The predicted molar refractivity (Wildman–Crippen MR) is 69.9 cm³/mol. The van der Waals surface area contributed by atoms with Gasteiger partial charge in [0.05, 0.1) is 16.2 Å². The van der Waals surface area contributed by atoms with E-state index in [2.05, 4.69) is 5.32 Å². The van der Waals surface area contributed by atoms with E-state index in [1.165, 1.54) is 18.2 Å². The lowest BCUT2D eigenvalue weighted by molar-refractivity contribution is -0.384. The summed E-state index contributed by atoms with van der Waals surface area (Å²) in [5.74, 6) is 1.07. The largest absolute Gasteiger partial charge is 0.383 e. The summed E-state index contributed by atoms with van der Waals surface area (Å²) in [5, 5.41) is 22.4. The Labute approximate surface area is 107 Å². The lowest BCUT2D eigenvalue weighted by Gasteiger charge is -2.07. The van der Waals surface area contributed by atoms with Gasteiger partial charge in [-0.25, -0.2) is 0 Å². The van der Waals surface area contributed by atoms with Crippen LogP contribution < -0.4 is 5.32 Å². The van der Waals surface area contributed by atoms with Crippen molar-refractivity contribution in [1.82, 2.24) is 0 Å². The van der Waals surface area contributed by atoms with Gasteiger partial charge in [-0.1, -0.05) is 6.92 Å². The number of nitro benzene ring substituents is 1. The van der Waals surface area contributed by atoms with Crippen LogP contribution in [0.1, 0.15) is 12.5 Å². The molecular formula is C11H13N3O3S. The Morgan fingerprint density at radius 3 is 2.83 bits per heavy atom. The average Bonchev–Trinajstić information content (AvgIpc) is 2.38. The molecule has 0 amide bonds. The van der Waals surface area contributed by atoms with Crippen molar-refractivity contribution in [1.29, 1.82) is 5.26 Å². The quantitative estimate of drug-likeness (QED) is 0.624. The highest BCUT2D eigenvalue weighted by molar-refractivity contribution is 7.84. The number of hydrogen-bond donors (Lipinski definition) is 1. The molecule has 96 valence electrons. The van der Waals surface area contributed by atoms with Gasteiger partial charge in [-0.2, -0.15) is 5.26 Å². The summed E-state index contributed by atoms with van der Waals surface area (Å²) in [7, 11) is -0.875. The Morgan fingerprint density at radius 2 is 2.28 bits per heavy atom. The third-order valence-corrected chi connectivity index (χ3v) is 3.60. The molecule has 1 rings (SSSR count). The van der Waals surface area contributed by atoms with Gasteiger partial charge in [0.2, 0.25) is 0 Å². The molecule has 0 heterocycles. The number of non-ortho nitro benzene ring substituents is 1. The van der Waals surface area contributed by atoms with E-state index in [0.29, 0.717) is 23.7 Å². The molecular weight excluding hydrogens is 254 g/mol. The Morgan fingerprint density at radius 1 is 1.56 bits per heavy atom. The van der Waals surface area contributed by atoms with Gasteiger partial charge in [0.1, 0.15) is 6.07 Å². The van der Waals surface area contributed by atoms with Crippen LogP contribution in [-0.2, 0) is 10.8 Å². The van der Waals surface area contributed by atoms with Crippen LogP contribution in [0.15, 0.2) is 18.2 Å². The molecule has 0 radical (unpaired) electrons. The average molecular weight is 267 g/mol. The van der Waals surface area contributed by atoms with E-state index in [4.69, 9.17) is 5.26 Å². The first-order valence-corrected chi connectivity index (χ1v) is 6.84. The van der Waals surface area contributed by atoms with Gasteiger partial charge >= 0.3 is 0 Å². The van der Waals surface area contributed by atoms with Gasteiger partial charge in [-0.3, -0.25) is 14.3 Å². The van der Waals surface area contributed by atoms with Crippen molar-refractivity contribution in [3.63, 3.8) is 0 Å². The molecule has 18 heavy (non-hydrogen) atoms. The second kappa shape index (κ2) is 6.71. The fourth-order valence-corrected chi connectivity index (χ4v) is 1.95. The standard InChI is InChI=1S/C11H13N3O3S/c1-2-18(17)6-5-13-11-4-3-10(14(15)16)7-9(11)8-12/h3-4,7,13H,2,5-6H2,1H3. The number of benzene rings is 1. The van der Waals surface area contributed by atoms with Crippen molar-refractivity contribution >= 4 is 22.2 Å². The van der Waals surface area contributed by atoms with Crippen LogP contribution in [-0.4, -0.2) is 27.2 Å². The molecule has 0 aliphatic rings. The molecule has 1 N–H and O–H groups in total. The number of nitrogens with zero attached hydrogens (tertiary/aromatic N) is 2. The van der Waals surface area contributed by atoms with Crippen LogP contribution in [0.5, 0.6) is 0 Å². The molecule has 0 spiro atoms. The summed E-state index contributed by atoms with van der Waals surface area (Å²) in [6.07, 6.45) is 0. The third kappa shape index (κ3) is 3.82. The molecule has 7 heteroatoms. The van der Waals surface area contributed by atoms with Crippen LogP contribution in [0.25, 0.3) is 0 Å². The van der Waals surface area contributed by atoms with E-state index in [-0.39, 0.29) is 11.3 Å². The molecule has 0 saturated carbocycles. The van der Waals surface area contributed by atoms with E-state index in [9.17, 15) is 14.3 Å². The zero-order valence-electron chi connectivity index (χ0n) is 9.88. The molecule has 0 aromatic heterocycles. The Kier molecular flexibility index (Phi) is 5.27. The second-order valence-corrected chi connectivity index (χ2v) is 5.32. The third-order valence-electron chi connectivity index (χ3n) is 2.30. The molecule has 0 aliphatic heterocycles. The highest BCUT2D eigenvalue weighted by Gasteiger charge is 2.10. The topological polar surface area (TPSA) is 96.0 Å². The maximum absolute atomic E-state index is 11.2. The fourth-order valence-electron chi connectivity index (χ4n) is 1.34. The van der Waals surface area contributed by atoms with Crippen molar-refractivity contribution in [3.8, 4) is 6.07 Å². The maximum atomic E-state index is 11.2. The number of anilines is 1. The second-order valence-electron chi connectivity index (χ2n) is 3.46. The molecule has 0 aliphatic carbocycles. The van der Waals surface area contributed by atoms with Crippen LogP contribution in [0.3, 0.4) is 0 Å². The lowest BCUT2D eigenvalue weighted by atomic mass is 10.1. The van der Waals surface area contributed by atoms with Crippen molar-refractivity contribution in [2.24, 2.45) is 0 Å². The summed E-state index contributed by atoms with van der Waals surface area (Å²) in [4.78, 5) is 10.0. The summed E-state index contributed by atoms with van der Waals surface area (Å²) >= 11 is 0. The maximum Gasteiger partial charge on any atom is 0.270 e. The first-order valence-electron chi connectivity index (χ1n) is 5.36. The number of nitrogens with one attached hydrogen (secondary N) is 1. The summed E-state index contributed by atoms with van der Waals surface area (Å²) < 4.78 is 11.2. The SMILES string of the molecule is CCS(=O)CCNc1ccc([N+](=O)[O-])cc1C#N. The molecule has 6 nitrogen and oxygen atoms in total. The Bertz CT molecular complexity index is 511. The minimum atomic E-state index is -0.875. The highest BCUT2D eigenvalue weighted by Crippen LogP contribution is 2.21. The lowest BCUT2D eigenvalue weighted by Crippen LogP contribution is -2.12. The first kappa shape index (κ1) is 14.1. The van der Waals surface area contributed by atoms with Crippen molar-refractivity contribution in [2.45, 2.75) is 6.92 Å². The number of rotatable bonds is 6. The molecule has 0 saturated heterocycles. The molecule has 1 atom stereocenters. The predicted octanol–water partition coefficient (Wildman–Crippen LogP) is 1.65. The molecule has 1 aromatic rings. The molecule has 1 aromatic carbocycles. The van der Waals surface area contributed by atoms with E-state index in [1.807, 2.05) is 13.0 Å².